The van der Waals surface area contributed by atoms with Crippen LogP contribution in [0, 0.1) is 24.5 Å². The molecule has 2 aromatic carbocycles. The number of nitrogens with one attached hydrogen (secondary N) is 2. The Balaban J connectivity index is 0.00000154. The standard InChI is InChI=1S/C30H34F2N6O5.CH2O2/c1-17-14-18(35-28(40)27-34-15-22(36(27)2)20-6-7-24(43-3)26(32)25(20)31)4-5-19(17)29(41)37-10-12-38(13-11-37)30(42)21-8-9-33-16-23(21)39;2-1-3/h4-7,14-15,21,23,33,39H,8-13,16H2,1-3H3,(H,35,40);1H,(H,2,3). The molecule has 0 spiro atoms. The summed E-state index contributed by atoms with van der Waals surface area (Å²) in [6.45, 7) is 4.16. The predicted molar refractivity (Wildman–Crippen MR) is 162 cm³/mol. The van der Waals surface area contributed by atoms with E-state index >= 15 is 0 Å². The average molecular weight is 643 g/mol. The van der Waals surface area contributed by atoms with Crippen molar-refractivity contribution in [3.8, 4) is 17.0 Å². The van der Waals surface area contributed by atoms with Crippen LogP contribution in [0.4, 0.5) is 14.5 Å². The normalized spacial score (nSPS) is 17.9. The Kier molecular flexibility index (Phi) is 11.0. The highest BCUT2D eigenvalue weighted by atomic mass is 19.2. The molecule has 2 aliphatic heterocycles. The number of β-amino-alcohol motifs (C(OH)–C–C–N with tert-alkyl or cyclic N) is 1. The van der Waals surface area contributed by atoms with E-state index in [1.165, 1.54) is 37.1 Å². The molecule has 2 unspecified atom stereocenters. The minimum atomic E-state index is -1.13. The molecule has 46 heavy (non-hydrogen) atoms. The summed E-state index contributed by atoms with van der Waals surface area (Å²) in [4.78, 5) is 55.1. The number of hydrogen-bond acceptors (Lipinski definition) is 8. The van der Waals surface area contributed by atoms with Crippen LogP contribution < -0.4 is 15.4 Å². The third kappa shape index (κ3) is 7.15. The second-order valence-corrected chi connectivity index (χ2v) is 10.8. The van der Waals surface area contributed by atoms with Gasteiger partial charge in [0.05, 0.1) is 31.0 Å². The number of aryl methyl sites for hydroxylation is 1. The molecule has 3 amide bonds. The Morgan fingerprint density at radius 3 is 2.39 bits per heavy atom. The molecule has 0 bridgehead atoms. The molecule has 13 nitrogen and oxygen atoms in total. The Bertz CT molecular complexity index is 1610. The summed E-state index contributed by atoms with van der Waals surface area (Å²) in [5.41, 5.74) is 1.69. The molecule has 2 aliphatic rings. The summed E-state index contributed by atoms with van der Waals surface area (Å²) in [7, 11) is 2.76. The van der Waals surface area contributed by atoms with Crippen molar-refractivity contribution >= 4 is 29.9 Å². The topological polar surface area (TPSA) is 166 Å². The monoisotopic (exact) mass is 642 g/mol. The van der Waals surface area contributed by atoms with Crippen molar-refractivity contribution in [2.45, 2.75) is 19.4 Å². The van der Waals surface area contributed by atoms with Crippen LogP contribution >= 0.6 is 0 Å². The maximum Gasteiger partial charge on any atom is 0.291 e. The second-order valence-electron chi connectivity index (χ2n) is 10.8. The maximum atomic E-state index is 14.6. The SMILES string of the molecule is COc1ccc(-c2cnc(C(=O)Nc3ccc(C(=O)N4CCN(C(=O)C5CCNCC5O)CC4)c(C)c3)n2C)c(F)c1F.O=CO. The highest BCUT2D eigenvalue weighted by Crippen LogP contribution is 2.30. The number of imidazole rings is 1. The minimum absolute atomic E-state index is 0.0205. The van der Waals surface area contributed by atoms with E-state index in [1.807, 2.05) is 0 Å². The highest BCUT2D eigenvalue weighted by molar-refractivity contribution is 6.03. The van der Waals surface area contributed by atoms with Crippen LogP contribution in [0.5, 0.6) is 5.75 Å². The number of carboxylic acid groups (broad SMARTS) is 1. The number of halogens is 2. The number of methoxy groups -OCH3 is 1. The van der Waals surface area contributed by atoms with Crippen LogP contribution in [-0.2, 0) is 16.6 Å². The number of carbonyl (C=O) groups is 4. The quantitative estimate of drug-likeness (QED) is 0.294. The van der Waals surface area contributed by atoms with E-state index in [4.69, 9.17) is 14.6 Å². The summed E-state index contributed by atoms with van der Waals surface area (Å²) in [5, 5.41) is 22.9. The van der Waals surface area contributed by atoms with Gasteiger partial charge in [0, 0.05) is 56.6 Å². The van der Waals surface area contributed by atoms with Gasteiger partial charge in [-0.3, -0.25) is 19.2 Å². The van der Waals surface area contributed by atoms with Gasteiger partial charge in [-0.25, -0.2) is 9.37 Å². The third-order valence-electron chi connectivity index (χ3n) is 8.09. The number of anilines is 1. The van der Waals surface area contributed by atoms with Crippen molar-refractivity contribution in [1.29, 1.82) is 0 Å². The van der Waals surface area contributed by atoms with Gasteiger partial charge >= 0.3 is 0 Å². The lowest BCUT2D eigenvalue weighted by molar-refractivity contribution is -0.142. The van der Waals surface area contributed by atoms with Gasteiger partial charge in [-0.1, -0.05) is 0 Å². The van der Waals surface area contributed by atoms with E-state index in [0.717, 1.165) is 0 Å². The van der Waals surface area contributed by atoms with E-state index < -0.39 is 29.6 Å². The first-order valence-corrected chi connectivity index (χ1v) is 14.5. The van der Waals surface area contributed by atoms with Gasteiger partial charge in [0.2, 0.25) is 11.7 Å². The molecular weight excluding hydrogens is 606 g/mol. The van der Waals surface area contributed by atoms with E-state index in [1.54, 1.807) is 34.9 Å². The molecule has 5 rings (SSSR count). The van der Waals surface area contributed by atoms with Gasteiger partial charge in [0.15, 0.2) is 17.4 Å². The highest BCUT2D eigenvalue weighted by Gasteiger charge is 2.34. The molecule has 1 aromatic heterocycles. The lowest BCUT2D eigenvalue weighted by Gasteiger charge is -2.38. The Labute approximate surface area is 263 Å². The molecule has 0 aliphatic carbocycles. The first-order valence-electron chi connectivity index (χ1n) is 14.5. The van der Waals surface area contributed by atoms with Gasteiger partial charge in [0.25, 0.3) is 18.3 Å². The fourth-order valence-electron chi connectivity index (χ4n) is 5.59. The molecule has 2 atom stereocenters. The lowest BCUT2D eigenvalue weighted by Crippen LogP contribution is -2.55. The smallest absolute Gasteiger partial charge is 0.291 e. The van der Waals surface area contributed by atoms with Crippen molar-refractivity contribution in [2.24, 2.45) is 13.0 Å². The van der Waals surface area contributed by atoms with E-state index in [2.05, 4.69) is 15.6 Å². The molecule has 4 N–H and O–H groups in total. The molecule has 3 heterocycles. The molecule has 246 valence electrons. The number of benzene rings is 2. The number of rotatable bonds is 6. The van der Waals surface area contributed by atoms with Gasteiger partial charge < -0.3 is 40.0 Å². The van der Waals surface area contributed by atoms with E-state index in [9.17, 15) is 28.3 Å². The Morgan fingerprint density at radius 2 is 1.76 bits per heavy atom. The number of nitrogens with zero attached hydrogens (tertiary/aromatic N) is 4. The Morgan fingerprint density at radius 1 is 1.09 bits per heavy atom. The fraction of sp³-hybridized carbons (Fsp3) is 0.387. The Hall–Kier alpha value is -4.89. The number of aliphatic hydroxyl groups is 1. The average Bonchev–Trinajstić information content (AvgIpc) is 3.43. The number of piperazine rings is 1. The predicted octanol–water partition coefficient (Wildman–Crippen LogP) is 1.89. The number of aromatic nitrogens is 2. The summed E-state index contributed by atoms with van der Waals surface area (Å²) in [6, 6.07) is 7.57. The molecule has 2 saturated heterocycles. The van der Waals surface area contributed by atoms with Crippen LogP contribution in [0.1, 0.15) is 33.0 Å². The number of aliphatic hydroxyl groups excluding tert-OH is 1. The number of ether oxygens (including phenoxy) is 1. The molecular formula is C31H36F2N6O7. The summed E-state index contributed by atoms with van der Waals surface area (Å²) >= 11 is 0. The fourth-order valence-corrected chi connectivity index (χ4v) is 5.59. The molecule has 0 saturated carbocycles. The zero-order valence-corrected chi connectivity index (χ0v) is 25.6. The van der Waals surface area contributed by atoms with Gasteiger partial charge in [-0.05, 0) is 55.8 Å². The van der Waals surface area contributed by atoms with Crippen LogP contribution in [0.3, 0.4) is 0 Å². The van der Waals surface area contributed by atoms with Gasteiger partial charge in [-0.2, -0.15) is 4.39 Å². The minimum Gasteiger partial charge on any atom is -0.494 e. The van der Waals surface area contributed by atoms with Gasteiger partial charge in [0.1, 0.15) is 0 Å². The number of piperidine rings is 1. The van der Waals surface area contributed by atoms with Crippen molar-refractivity contribution in [3.63, 3.8) is 0 Å². The summed E-state index contributed by atoms with van der Waals surface area (Å²) in [5.74, 6) is -3.73. The third-order valence-corrected chi connectivity index (χ3v) is 8.09. The van der Waals surface area contributed by atoms with E-state index in [0.29, 0.717) is 62.5 Å². The van der Waals surface area contributed by atoms with Crippen molar-refractivity contribution in [3.05, 3.63) is 65.1 Å². The largest absolute Gasteiger partial charge is 0.494 e. The number of carbonyl (C=O) groups excluding carboxylic acids is 3. The van der Waals surface area contributed by atoms with E-state index in [-0.39, 0.29) is 41.1 Å². The molecule has 2 fully saturated rings. The number of hydrogen-bond donors (Lipinski definition) is 4. The zero-order chi connectivity index (χ0) is 33.5. The number of amides is 3. The molecule has 0 radical (unpaired) electrons. The molecule has 3 aromatic rings. The van der Waals surface area contributed by atoms with Crippen molar-refractivity contribution in [1.82, 2.24) is 24.7 Å². The first kappa shape index (κ1) is 34.0. The van der Waals surface area contributed by atoms with Crippen LogP contribution in [-0.4, -0.2) is 106 Å². The van der Waals surface area contributed by atoms with Crippen LogP contribution in [0.15, 0.2) is 36.5 Å². The maximum absolute atomic E-state index is 14.6. The van der Waals surface area contributed by atoms with Crippen molar-refractivity contribution < 1.29 is 42.9 Å². The summed E-state index contributed by atoms with van der Waals surface area (Å²) in [6.07, 6.45) is 1.17. The second kappa shape index (κ2) is 14.9. The van der Waals surface area contributed by atoms with Crippen LogP contribution in [0.25, 0.3) is 11.3 Å². The summed E-state index contributed by atoms with van der Waals surface area (Å²) < 4.78 is 35.1. The zero-order valence-electron chi connectivity index (χ0n) is 25.6. The first-order chi connectivity index (χ1) is 22.0. The van der Waals surface area contributed by atoms with Gasteiger partial charge in [-0.15, -0.1) is 0 Å². The van der Waals surface area contributed by atoms with Crippen molar-refractivity contribution in [2.75, 3.05) is 51.7 Å². The molecule has 15 heteroatoms. The van der Waals surface area contributed by atoms with Crippen LogP contribution in [0.2, 0.25) is 0 Å². The lowest BCUT2D eigenvalue weighted by atomic mass is 9.93.